The van der Waals surface area contributed by atoms with Crippen LogP contribution in [0.2, 0.25) is 0 Å². The zero-order valence-corrected chi connectivity index (χ0v) is 7.76. The van der Waals surface area contributed by atoms with Crippen LogP contribution < -0.4 is 10.6 Å². The molecular weight excluding hydrogens is 156 g/mol. The van der Waals surface area contributed by atoms with Gasteiger partial charge in [0.1, 0.15) is 0 Å². The average molecular weight is 174 g/mol. The number of rotatable bonds is 4. The van der Waals surface area contributed by atoms with Crippen molar-refractivity contribution >= 4 is 0 Å². The van der Waals surface area contributed by atoms with Crippen molar-refractivity contribution in [2.45, 2.75) is 24.7 Å². The van der Waals surface area contributed by atoms with Crippen molar-refractivity contribution in [2.24, 2.45) is 0 Å². The smallest absolute Gasteiger partial charge is 0.193 e. The highest BCUT2D eigenvalue weighted by Gasteiger charge is 2.37. The summed E-state index contributed by atoms with van der Waals surface area (Å²) < 4.78 is 5.09. The third kappa shape index (κ3) is 1.95. The lowest BCUT2D eigenvalue weighted by Crippen LogP contribution is -2.54. The highest BCUT2D eigenvalue weighted by atomic mass is 16.6. The summed E-state index contributed by atoms with van der Waals surface area (Å²) in [5, 5.41) is 16.1. The molecule has 1 unspecified atom stereocenters. The predicted molar refractivity (Wildman–Crippen MR) is 46.9 cm³/mol. The maximum atomic E-state index is 9.97. The lowest BCUT2D eigenvalue weighted by atomic mass is 10.1. The molecule has 0 spiro atoms. The Kier molecular flexibility index (Phi) is 3.46. The Labute approximate surface area is 73.3 Å². The molecule has 72 valence electrons. The summed E-state index contributed by atoms with van der Waals surface area (Å²) >= 11 is 0. The van der Waals surface area contributed by atoms with Crippen molar-refractivity contribution in [1.82, 2.24) is 10.6 Å². The highest BCUT2D eigenvalue weighted by Crippen LogP contribution is 2.19. The van der Waals surface area contributed by atoms with Crippen LogP contribution in [0, 0.1) is 0 Å². The third-order valence-corrected chi connectivity index (χ3v) is 2.39. The monoisotopic (exact) mass is 174 g/mol. The third-order valence-electron chi connectivity index (χ3n) is 2.39. The average Bonchev–Trinajstić information content (AvgIpc) is 2.57. The maximum absolute atomic E-state index is 9.97. The van der Waals surface area contributed by atoms with E-state index in [9.17, 15) is 5.11 Å². The molecule has 12 heavy (non-hydrogen) atoms. The van der Waals surface area contributed by atoms with Crippen LogP contribution in [-0.2, 0) is 4.74 Å². The molecule has 4 nitrogen and oxygen atoms in total. The second-order valence-electron chi connectivity index (χ2n) is 3.23. The summed E-state index contributed by atoms with van der Waals surface area (Å²) in [6.45, 7) is 1.43. The van der Waals surface area contributed by atoms with E-state index in [0.29, 0.717) is 6.54 Å². The number of hydrogen-bond donors (Lipinski definition) is 3. The fraction of sp³-hybridized carbons (Fsp3) is 1.00. The van der Waals surface area contributed by atoms with Gasteiger partial charge in [-0.3, -0.25) is 0 Å². The molecule has 0 radical (unpaired) electrons. The van der Waals surface area contributed by atoms with Gasteiger partial charge in [-0.05, 0) is 26.4 Å². The van der Waals surface area contributed by atoms with Crippen LogP contribution in [0.5, 0.6) is 0 Å². The van der Waals surface area contributed by atoms with E-state index in [1.807, 2.05) is 0 Å². The van der Waals surface area contributed by atoms with Gasteiger partial charge < -0.3 is 20.5 Å². The minimum absolute atomic E-state index is 0.0648. The van der Waals surface area contributed by atoms with E-state index in [0.717, 1.165) is 19.4 Å². The van der Waals surface area contributed by atoms with Gasteiger partial charge in [-0.15, -0.1) is 0 Å². The molecular formula is C8H18N2O2. The molecule has 0 aromatic rings. The van der Waals surface area contributed by atoms with Gasteiger partial charge in [0.2, 0.25) is 0 Å². The first kappa shape index (κ1) is 9.92. The number of aliphatic hydroxyl groups is 1. The summed E-state index contributed by atoms with van der Waals surface area (Å²) in [6, 6.07) is 0.0648. The first-order chi connectivity index (χ1) is 5.73. The van der Waals surface area contributed by atoms with Crippen molar-refractivity contribution < 1.29 is 9.84 Å². The van der Waals surface area contributed by atoms with Gasteiger partial charge in [-0.2, -0.15) is 0 Å². The quantitative estimate of drug-likeness (QED) is 0.493. The molecule has 1 aliphatic heterocycles. The van der Waals surface area contributed by atoms with E-state index >= 15 is 0 Å². The van der Waals surface area contributed by atoms with E-state index in [2.05, 4.69) is 10.6 Å². The molecule has 1 saturated heterocycles. The molecule has 0 amide bonds. The van der Waals surface area contributed by atoms with Gasteiger partial charge in [0.05, 0.1) is 12.6 Å². The van der Waals surface area contributed by atoms with Crippen LogP contribution in [0.3, 0.4) is 0 Å². The summed E-state index contributed by atoms with van der Waals surface area (Å²) in [5.74, 6) is -1.05. The summed E-state index contributed by atoms with van der Waals surface area (Å²) in [6.07, 6.45) is 2.09. The minimum Gasteiger partial charge on any atom is -0.363 e. The topological polar surface area (TPSA) is 53.5 Å². The maximum Gasteiger partial charge on any atom is 0.193 e. The van der Waals surface area contributed by atoms with Gasteiger partial charge in [-0.1, -0.05) is 0 Å². The lowest BCUT2D eigenvalue weighted by Gasteiger charge is -2.32. The molecule has 1 rings (SSSR count). The molecule has 2 atom stereocenters. The first-order valence-electron chi connectivity index (χ1n) is 4.38. The number of hydrogen-bond acceptors (Lipinski definition) is 4. The Hall–Kier alpha value is -0.160. The van der Waals surface area contributed by atoms with Gasteiger partial charge in [0.25, 0.3) is 0 Å². The van der Waals surface area contributed by atoms with Crippen LogP contribution in [0.25, 0.3) is 0 Å². The van der Waals surface area contributed by atoms with Crippen LogP contribution in [-0.4, -0.2) is 44.2 Å². The van der Waals surface area contributed by atoms with Crippen LogP contribution in [0.1, 0.15) is 12.8 Å². The molecule has 3 N–H and O–H groups in total. The molecule has 0 aromatic heterocycles. The largest absolute Gasteiger partial charge is 0.363 e. The summed E-state index contributed by atoms with van der Waals surface area (Å²) in [5.41, 5.74) is 0. The predicted octanol–water partition coefficient (Wildman–Crippen LogP) is -0.707. The van der Waals surface area contributed by atoms with Crippen molar-refractivity contribution in [3.05, 3.63) is 0 Å². The standard InChI is InChI=1S/C8H18N2O2/c1-9-6-8(11,12-2)7-4-3-5-10-7/h7,9-11H,3-6H2,1-2H3/t7-,8?/m1/s1. The van der Waals surface area contributed by atoms with Gasteiger partial charge in [0.15, 0.2) is 5.79 Å². The Morgan fingerprint density at radius 3 is 2.92 bits per heavy atom. The highest BCUT2D eigenvalue weighted by molar-refractivity contribution is 4.89. The second kappa shape index (κ2) is 4.18. The summed E-state index contributed by atoms with van der Waals surface area (Å²) in [4.78, 5) is 0. The van der Waals surface area contributed by atoms with E-state index in [4.69, 9.17) is 4.74 Å². The fourth-order valence-electron chi connectivity index (χ4n) is 1.66. The zero-order chi connectivity index (χ0) is 9.03. The van der Waals surface area contributed by atoms with Crippen LogP contribution in [0.15, 0.2) is 0 Å². The van der Waals surface area contributed by atoms with E-state index in [-0.39, 0.29) is 6.04 Å². The van der Waals surface area contributed by atoms with Crippen molar-refractivity contribution in [1.29, 1.82) is 0 Å². The molecule has 0 aliphatic carbocycles. The van der Waals surface area contributed by atoms with Crippen LogP contribution in [0.4, 0.5) is 0 Å². The minimum atomic E-state index is -1.05. The van der Waals surface area contributed by atoms with Gasteiger partial charge in [0, 0.05) is 7.11 Å². The van der Waals surface area contributed by atoms with Crippen molar-refractivity contribution in [2.75, 3.05) is 27.2 Å². The Balaban J connectivity index is 2.51. The zero-order valence-electron chi connectivity index (χ0n) is 7.76. The SMILES string of the molecule is CNCC(O)(OC)[C@H]1CCCN1. The van der Waals surface area contributed by atoms with E-state index in [1.54, 1.807) is 7.05 Å². The second-order valence-corrected chi connectivity index (χ2v) is 3.23. The lowest BCUT2D eigenvalue weighted by molar-refractivity contribution is -0.198. The Morgan fingerprint density at radius 2 is 2.50 bits per heavy atom. The van der Waals surface area contributed by atoms with E-state index in [1.165, 1.54) is 7.11 Å². The van der Waals surface area contributed by atoms with Gasteiger partial charge >= 0.3 is 0 Å². The first-order valence-corrected chi connectivity index (χ1v) is 4.38. The molecule has 1 aliphatic rings. The van der Waals surface area contributed by atoms with Crippen molar-refractivity contribution in [3.8, 4) is 0 Å². The molecule has 1 fully saturated rings. The number of ether oxygens (including phenoxy) is 1. The molecule has 1 heterocycles. The van der Waals surface area contributed by atoms with Crippen molar-refractivity contribution in [3.63, 3.8) is 0 Å². The molecule has 0 bridgehead atoms. The molecule has 0 aromatic carbocycles. The fourth-order valence-corrected chi connectivity index (χ4v) is 1.66. The van der Waals surface area contributed by atoms with Crippen LogP contribution >= 0.6 is 0 Å². The molecule has 4 heteroatoms. The Morgan fingerprint density at radius 1 is 1.75 bits per heavy atom. The normalized spacial score (nSPS) is 28.8. The van der Waals surface area contributed by atoms with E-state index < -0.39 is 5.79 Å². The number of methoxy groups -OCH3 is 1. The molecule has 0 saturated carbocycles. The Bertz CT molecular complexity index is 137. The summed E-state index contributed by atoms with van der Waals surface area (Å²) in [7, 11) is 3.34. The number of nitrogens with one attached hydrogen (secondary N) is 2. The van der Waals surface area contributed by atoms with Gasteiger partial charge in [-0.25, -0.2) is 0 Å². The number of likely N-dealkylation sites (N-methyl/N-ethyl adjacent to an activating group) is 1.